The monoisotopic (exact) mass is 502 g/mol. The maximum absolute atomic E-state index is 15.1. The Balaban J connectivity index is 2.13. The molecule has 8 nitrogen and oxygen atoms in total. The largest absolute Gasteiger partial charge is 0.496 e. The van der Waals surface area contributed by atoms with Gasteiger partial charge in [-0.05, 0) is 18.2 Å². The Kier molecular flexibility index (Phi) is 6.86. The van der Waals surface area contributed by atoms with Crippen molar-refractivity contribution in [2.24, 2.45) is 5.73 Å². The van der Waals surface area contributed by atoms with E-state index in [1.807, 2.05) is 0 Å². The first-order chi connectivity index (χ1) is 15.9. The molecule has 2 aromatic carbocycles. The van der Waals surface area contributed by atoms with E-state index in [1.165, 1.54) is 0 Å². The zero-order valence-corrected chi connectivity index (χ0v) is 17.6. The van der Waals surface area contributed by atoms with Gasteiger partial charge < -0.3 is 20.5 Å². The molecule has 0 atom stereocenters. The SMILES string of the molecule is COc1cc(Oc2ccc(F)cc2Cl)c(C(=O)Nc2cnc(C(N)=O)nc2)c(F)c1C(F)(F)F. The van der Waals surface area contributed by atoms with Crippen LogP contribution in [-0.4, -0.2) is 28.9 Å². The van der Waals surface area contributed by atoms with E-state index in [0.717, 1.165) is 37.7 Å². The smallest absolute Gasteiger partial charge is 0.422 e. The second kappa shape index (κ2) is 9.47. The van der Waals surface area contributed by atoms with Gasteiger partial charge in [0.15, 0.2) is 5.82 Å². The van der Waals surface area contributed by atoms with Crippen molar-refractivity contribution in [1.29, 1.82) is 0 Å². The highest BCUT2D eigenvalue weighted by molar-refractivity contribution is 6.32. The number of hydrogen-bond acceptors (Lipinski definition) is 6. The summed E-state index contributed by atoms with van der Waals surface area (Å²) in [6.07, 6.45) is -3.40. The second-order valence-electron chi connectivity index (χ2n) is 6.43. The Hall–Kier alpha value is -4.00. The zero-order chi connectivity index (χ0) is 25.2. The summed E-state index contributed by atoms with van der Waals surface area (Å²) in [4.78, 5) is 31.0. The van der Waals surface area contributed by atoms with Gasteiger partial charge in [0.2, 0.25) is 5.82 Å². The number of nitrogens with two attached hydrogens (primary N) is 1. The summed E-state index contributed by atoms with van der Waals surface area (Å²) in [6.45, 7) is 0. The number of hydrogen-bond donors (Lipinski definition) is 2. The van der Waals surface area contributed by atoms with Crippen LogP contribution in [0.15, 0.2) is 36.7 Å². The van der Waals surface area contributed by atoms with Crippen LogP contribution in [0, 0.1) is 11.6 Å². The number of halogens is 6. The van der Waals surface area contributed by atoms with Gasteiger partial charge in [0.05, 0.1) is 30.2 Å². The maximum atomic E-state index is 15.1. The molecular formula is C20H12ClF5N4O4. The molecule has 0 radical (unpaired) electrons. The summed E-state index contributed by atoms with van der Waals surface area (Å²) in [6, 6.07) is 3.42. The van der Waals surface area contributed by atoms with E-state index in [4.69, 9.17) is 22.1 Å². The van der Waals surface area contributed by atoms with Gasteiger partial charge in [-0.3, -0.25) is 9.59 Å². The summed E-state index contributed by atoms with van der Waals surface area (Å²) in [7, 11) is 0.857. The second-order valence-corrected chi connectivity index (χ2v) is 6.84. The summed E-state index contributed by atoms with van der Waals surface area (Å²) in [5.41, 5.74) is 1.76. The van der Waals surface area contributed by atoms with Crippen LogP contribution >= 0.6 is 11.6 Å². The van der Waals surface area contributed by atoms with Crippen LogP contribution in [0.4, 0.5) is 27.6 Å². The first kappa shape index (κ1) is 24.6. The van der Waals surface area contributed by atoms with Gasteiger partial charge in [-0.15, -0.1) is 0 Å². The van der Waals surface area contributed by atoms with Crippen LogP contribution in [0.25, 0.3) is 0 Å². The van der Waals surface area contributed by atoms with Crippen LogP contribution in [-0.2, 0) is 6.18 Å². The van der Waals surface area contributed by atoms with E-state index in [1.54, 1.807) is 0 Å². The van der Waals surface area contributed by atoms with Gasteiger partial charge in [-0.25, -0.2) is 18.7 Å². The number of alkyl halides is 3. The molecule has 0 spiro atoms. The predicted octanol–water partition coefficient (Wildman–Crippen LogP) is 4.58. The minimum Gasteiger partial charge on any atom is -0.496 e. The highest BCUT2D eigenvalue weighted by Gasteiger charge is 2.41. The van der Waals surface area contributed by atoms with Gasteiger partial charge in [0, 0.05) is 6.07 Å². The fraction of sp³-hybridized carbons (Fsp3) is 0.100. The quantitative estimate of drug-likeness (QED) is 0.477. The highest BCUT2D eigenvalue weighted by Crippen LogP contribution is 2.44. The number of benzene rings is 2. The van der Waals surface area contributed by atoms with Crippen LogP contribution in [0.1, 0.15) is 26.5 Å². The van der Waals surface area contributed by atoms with E-state index < -0.39 is 58.1 Å². The highest BCUT2D eigenvalue weighted by atomic mass is 35.5. The van der Waals surface area contributed by atoms with E-state index in [0.29, 0.717) is 6.07 Å². The molecule has 14 heteroatoms. The number of amides is 2. The molecule has 0 bridgehead atoms. The summed E-state index contributed by atoms with van der Waals surface area (Å²) >= 11 is 5.87. The molecule has 3 rings (SSSR count). The molecule has 0 saturated carbocycles. The van der Waals surface area contributed by atoms with Crippen LogP contribution in [0.3, 0.4) is 0 Å². The van der Waals surface area contributed by atoms with Crippen molar-refractivity contribution in [3.63, 3.8) is 0 Å². The summed E-state index contributed by atoms with van der Waals surface area (Å²) < 4.78 is 79.1. The Labute approximate surface area is 192 Å². The maximum Gasteiger partial charge on any atom is 0.422 e. The fourth-order valence-electron chi connectivity index (χ4n) is 2.71. The van der Waals surface area contributed by atoms with E-state index >= 15 is 4.39 Å². The van der Waals surface area contributed by atoms with E-state index in [9.17, 15) is 27.2 Å². The lowest BCUT2D eigenvalue weighted by molar-refractivity contribution is -0.141. The standard InChI is InChI=1S/C20H12ClF5N4O4/c1-33-13-5-12(34-11-3-2-8(22)4-10(11)21)14(16(23)15(13)20(24,25)26)19(32)30-9-6-28-18(17(27)31)29-7-9/h2-7H,1H3,(H2,27,31)(H,30,32). The van der Waals surface area contributed by atoms with Crippen molar-refractivity contribution in [2.45, 2.75) is 6.18 Å². The topological polar surface area (TPSA) is 116 Å². The minimum atomic E-state index is -5.25. The van der Waals surface area contributed by atoms with Crippen molar-refractivity contribution in [3.8, 4) is 17.2 Å². The predicted molar refractivity (Wildman–Crippen MR) is 108 cm³/mol. The summed E-state index contributed by atoms with van der Waals surface area (Å²) in [5.74, 6) is -7.50. The number of aromatic nitrogens is 2. The number of anilines is 1. The molecule has 1 aromatic heterocycles. The number of nitrogens with zero attached hydrogens (tertiary/aromatic N) is 2. The van der Waals surface area contributed by atoms with Crippen LogP contribution in [0.2, 0.25) is 5.02 Å². The molecule has 0 unspecified atom stereocenters. The Morgan fingerprint density at radius 3 is 2.24 bits per heavy atom. The van der Waals surface area contributed by atoms with Gasteiger partial charge in [-0.2, -0.15) is 13.2 Å². The lowest BCUT2D eigenvalue weighted by Gasteiger charge is -2.19. The van der Waals surface area contributed by atoms with Crippen LogP contribution in [0.5, 0.6) is 17.2 Å². The van der Waals surface area contributed by atoms with E-state index in [2.05, 4.69) is 20.0 Å². The molecule has 0 saturated heterocycles. The van der Waals surface area contributed by atoms with Gasteiger partial charge in [0.1, 0.15) is 34.2 Å². The molecule has 1 heterocycles. The van der Waals surface area contributed by atoms with Crippen molar-refractivity contribution in [2.75, 3.05) is 12.4 Å². The number of methoxy groups -OCH3 is 1. The lowest BCUT2D eigenvalue weighted by Crippen LogP contribution is -2.20. The first-order valence-corrected chi connectivity index (χ1v) is 9.34. The van der Waals surface area contributed by atoms with Crippen molar-refractivity contribution in [1.82, 2.24) is 9.97 Å². The van der Waals surface area contributed by atoms with Crippen molar-refractivity contribution < 1.29 is 41.0 Å². The molecule has 0 aliphatic rings. The van der Waals surface area contributed by atoms with Gasteiger partial charge in [0.25, 0.3) is 11.8 Å². The molecule has 0 fully saturated rings. The van der Waals surface area contributed by atoms with E-state index in [-0.39, 0.29) is 16.5 Å². The minimum absolute atomic E-state index is 0.204. The molecule has 3 N–H and O–H groups in total. The van der Waals surface area contributed by atoms with Crippen LogP contribution < -0.4 is 20.5 Å². The van der Waals surface area contributed by atoms with Gasteiger partial charge in [-0.1, -0.05) is 11.6 Å². The zero-order valence-electron chi connectivity index (χ0n) is 16.8. The first-order valence-electron chi connectivity index (χ1n) is 8.96. The number of carbonyl (C=O) groups is 2. The molecular weight excluding hydrogens is 491 g/mol. The number of ether oxygens (including phenoxy) is 2. The molecule has 0 aliphatic heterocycles. The average molecular weight is 503 g/mol. The lowest BCUT2D eigenvalue weighted by atomic mass is 10.1. The molecule has 0 aliphatic carbocycles. The normalized spacial score (nSPS) is 11.1. The Bertz CT molecular complexity index is 1270. The Morgan fingerprint density at radius 2 is 1.71 bits per heavy atom. The molecule has 2 amide bonds. The summed E-state index contributed by atoms with van der Waals surface area (Å²) in [5, 5.41) is 1.79. The number of primary amides is 1. The van der Waals surface area contributed by atoms with Gasteiger partial charge >= 0.3 is 6.18 Å². The fourth-order valence-corrected chi connectivity index (χ4v) is 2.92. The average Bonchev–Trinajstić information content (AvgIpc) is 2.74. The number of carbonyl (C=O) groups excluding carboxylic acids is 2. The number of rotatable bonds is 6. The molecule has 34 heavy (non-hydrogen) atoms. The van der Waals surface area contributed by atoms with Crippen molar-refractivity contribution >= 4 is 29.1 Å². The molecule has 3 aromatic rings. The molecule has 178 valence electrons. The third-order valence-corrected chi connectivity index (χ3v) is 4.46. The third-order valence-electron chi connectivity index (χ3n) is 4.17. The van der Waals surface area contributed by atoms with Crippen molar-refractivity contribution in [3.05, 3.63) is 70.3 Å². The Morgan fingerprint density at radius 1 is 1.06 bits per heavy atom. The third kappa shape index (κ3) is 5.14. The number of nitrogens with one attached hydrogen (secondary N) is 1.